The molecule has 1 saturated heterocycles. The predicted octanol–water partition coefficient (Wildman–Crippen LogP) is 2.66. The zero-order valence-electron chi connectivity index (χ0n) is 12.0. The highest BCUT2D eigenvalue weighted by Gasteiger charge is 2.38. The monoisotopic (exact) mass is 292 g/mol. The average Bonchev–Trinajstić information content (AvgIpc) is 3.06. The fraction of sp³-hybridized carbons (Fsp3) is 0.688. The molecule has 1 aromatic rings. The SMILES string of the molecule is NC1CC[C@@H]2CN(C(=O)CCCc3cccs3)C[C@@H]2C1. The lowest BCUT2D eigenvalue weighted by Crippen LogP contribution is -2.32. The van der Waals surface area contributed by atoms with Crippen molar-refractivity contribution >= 4 is 17.2 Å². The number of nitrogens with two attached hydrogens (primary N) is 1. The first-order valence-corrected chi connectivity index (χ1v) is 8.66. The number of hydrogen-bond acceptors (Lipinski definition) is 3. The molecular weight excluding hydrogens is 268 g/mol. The van der Waals surface area contributed by atoms with E-state index in [0.717, 1.165) is 44.7 Å². The Bertz CT molecular complexity index is 445. The highest BCUT2D eigenvalue weighted by molar-refractivity contribution is 7.09. The van der Waals surface area contributed by atoms with Crippen molar-refractivity contribution in [2.45, 2.75) is 44.6 Å². The van der Waals surface area contributed by atoms with Crippen LogP contribution in [0.25, 0.3) is 0 Å². The van der Waals surface area contributed by atoms with Crippen LogP contribution in [0.1, 0.15) is 37.0 Å². The number of fused-ring (bicyclic) bond motifs is 1. The van der Waals surface area contributed by atoms with Gasteiger partial charge < -0.3 is 10.6 Å². The van der Waals surface area contributed by atoms with Gasteiger partial charge >= 0.3 is 0 Å². The van der Waals surface area contributed by atoms with Gasteiger partial charge in [-0.05, 0) is 55.4 Å². The fourth-order valence-electron chi connectivity index (χ4n) is 3.70. The number of hydrogen-bond donors (Lipinski definition) is 1. The Kier molecular flexibility index (Phi) is 4.41. The van der Waals surface area contributed by atoms with Crippen LogP contribution in [0.15, 0.2) is 17.5 Å². The Hall–Kier alpha value is -0.870. The Morgan fingerprint density at radius 2 is 2.20 bits per heavy atom. The van der Waals surface area contributed by atoms with Crippen molar-refractivity contribution in [2.24, 2.45) is 17.6 Å². The number of carbonyl (C=O) groups excluding carboxylic acids is 1. The maximum Gasteiger partial charge on any atom is 0.222 e. The van der Waals surface area contributed by atoms with Crippen molar-refractivity contribution in [1.29, 1.82) is 0 Å². The van der Waals surface area contributed by atoms with E-state index in [4.69, 9.17) is 5.73 Å². The van der Waals surface area contributed by atoms with Crippen LogP contribution in [-0.2, 0) is 11.2 Å². The zero-order valence-corrected chi connectivity index (χ0v) is 12.8. The van der Waals surface area contributed by atoms with Gasteiger partial charge in [0.1, 0.15) is 0 Å². The summed E-state index contributed by atoms with van der Waals surface area (Å²) >= 11 is 1.78. The third-order valence-corrected chi connectivity index (χ3v) is 5.77. The number of carbonyl (C=O) groups is 1. The minimum atomic E-state index is 0.351. The molecule has 3 atom stereocenters. The topological polar surface area (TPSA) is 46.3 Å². The second-order valence-electron chi connectivity index (χ2n) is 6.32. The van der Waals surface area contributed by atoms with Gasteiger partial charge in [-0.25, -0.2) is 0 Å². The fourth-order valence-corrected chi connectivity index (χ4v) is 4.45. The minimum Gasteiger partial charge on any atom is -0.342 e. The normalized spacial score (nSPS) is 29.4. The van der Waals surface area contributed by atoms with E-state index in [9.17, 15) is 4.79 Å². The van der Waals surface area contributed by atoms with Gasteiger partial charge in [-0.2, -0.15) is 0 Å². The third kappa shape index (κ3) is 3.23. The van der Waals surface area contributed by atoms with Gasteiger partial charge in [0.25, 0.3) is 0 Å². The molecule has 0 radical (unpaired) electrons. The maximum atomic E-state index is 12.3. The summed E-state index contributed by atoms with van der Waals surface area (Å²) in [5, 5.41) is 2.10. The molecule has 1 aromatic heterocycles. The summed E-state index contributed by atoms with van der Waals surface area (Å²) in [6.45, 7) is 1.94. The van der Waals surface area contributed by atoms with E-state index in [0.29, 0.717) is 24.3 Å². The number of aryl methyl sites for hydroxylation is 1. The molecule has 1 amide bonds. The Morgan fingerprint density at radius 3 is 3.00 bits per heavy atom. The standard InChI is InChI=1S/C16H24N2OS/c17-14-7-6-12-10-18(11-13(12)9-14)16(19)5-1-3-15-4-2-8-20-15/h2,4,8,12-14H,1,3,5-7,9-11,17H2/t12-,13+,14?/m1/s1. The van der Waals surface area contributed by atoms with Gasteiger partial charge in [-0.15, -0.1) is 11.3 Å². The van der Waals surface area contributed by atoms with Gasteiger partial charge in [0, 0.05) is 30.4 Å². The van der Waals surface area contributed by atoms with Gasteiger partial charge in [0.2, 0.25) is 5.91 Å². The second kappa shape index (κ2) is 6.27. The van der Waals surface area contributed by atoms with Crippen molar-refractivity contribution in [2.75, 3.05) is 13.1 Å². The maximum absolute atomic E-state index is 12.3. The average molecular weight is 292 g/mol. The summed E-state index contributed by atoms with van der Waals surface area (Å²) in [4.78, 5) is 15.8. The third-order valence-electron chi connectivity index (χ3n) is 4.84. The molecule has 0 bridgehead atoms. The smallest absolute Gasteiger partial charge is 0.222 e. The molecule has 2 N–H and O–H groups in total. The summed E-state index contributed by atoms with van der Waals surface area (Å²) in [7, 11) is 0. The number of thiophene rings is 1. The Balaban J connectivity index is 1.44. The van der Waals surface area contributed by atoms with E-state index in [-0.39, 0.29) is 0 Å². The second-order valence-corrected chi connectivity index (χ2v) is 7.36. The lowest BCUT2D eigenvalue weighted by Gasteiger charge is -2.27. The molecule has 20 heavy (non-hydrogen) atoms. The van der Waals surface area contributed by atoms with Crippen molar-refractivity contribution in [1.82, 2.24) is 4.90 Å². The van der Waals surface area contributed by atoms with Crippen molar-refractivity contribution in [3.05, 3.63) is 22.4 Å². The quantitative estimate of drug-likeness (QED) is 0.927. The van der Waals surface area contributed by atoms with Gasteiger partial charge in [-0.3, -0.25) is 4.79 Å². The number of likely N-dealkylation sites (tertiary alicyclic amines) is 1. The van der Waals surface area contributed by atoms with E-state index in [1.54, 1.807) is 11.3 Å². The molecule has 3 rings (SSSR count). The molecule has 1 aliphatic carbocycles. The van der Waals surface area contributed by atoms with E-state index >= 15 is 0 Å². The summed E-state index contributed by atoms with van der Waals surface area (Å²) in [6.07, 6.45) is 6.18. The predicted molar refractivity (Wildman–Crippen MR) is 82.6 cm³/mol. The van der Waals surface area contributed by atoms with Crippen LogP contribution in [0.2, 0.25) is 0 Å². The molecule has 1 aliphatic heterocycles. The molecule has 110 valence electrons. The highest BCUT2D eigenvalue weighted by Crippen LogP contribution is 2.35. The Labute approximate surface area is 125 Å². The molecule has 0 aromatic carbocycles. The van der Waals surface area contributed by atoms with E-state index in [1.807, 2.05) is 0 Å². The number of nitrogens with zero attached hydrogens (tertiary/aromatic N) is 1. The van der Waals surface area contributed by atoms with Crippen LogP contribution in [0.5, 0.6) is 0 Å². The van der Waals surface area contributed by atoms with Crippen LogP contribution in [0.4, 0.5) is 0 Å². The highest BCUT2D eigenvalue weighted by atomic mass is 32.1. The van der Waals surface area contributed by atoms with Crippen molar-refractivity contribution < 1.29 is 4.79 Å². The lowest BCUT2D eigenvalue weighted by molar-refractivity contribution is -0.130. The summed E-state index contributed by atoms with van der Waals surface area (Å²) in [5.41, 5.74) is 6.04. The number of rotatable bonds is 4. The van der Waals surface area contributed by atoms with E-state index in [2.05, 4.69) is 22.4 Å². The molecule has 1 unspecified atom stereocenters. The van der Waals surface area contributed by atoms with Gasteiger partial charge in [-0.1, -0.05) is 6.07 Å². The molecule has 4 heteroatoms. The molecular formula is C16H24N2OS. The first-order valence-electron chi connectivity index (χ1n) is 7.78. The van der Waals surface area contributed by atoms with Gasteiger partial charge in [0.05, 0.1) is 0 Å². The van der Waals surface area contributed by atoms with Gasteiger partial charge in [0.15, 0.2) is 0 Å². The van der Waals surface area contributed by atoms with Crippen LogP contribution in [-0.4, -0.2) is 29.9 Å². The van der Waals surface area contributed by atoms with Crippen LogP contribution in [0, 0.1) is 11.8 Å². The zero-order chi connectivity index (χ0) is 13.9. The largest absolute Gasteiger partial charge is 0.342 e. The molecule has 2 aliphatic rings. The molecule has 1 saturated carbocycles. The first kappa shape index (κ1) is 14.1. The summed E-state index contributed by atoms with van der Waals surface area (Å²) < 4.78 is 0. The van der Waals surface area contributed by atoms with Crippen LogP contribution < -0.4 is 5.73 Å². The van der Waals surface area contributed by atoms with Crippen molar-refractivity contribution in [3.8, 4) is 0 Å². The molecule has 2 fully saturated rings. The first-order chi connectivity index (χ1) is 9.72. The lowest BCUT2D eigenvalue weighted by atomic mass is 9.79. The summed E-state index contributed by atoms with van der Waals surface area (Å²) in [5.74, 6) is 1.74. The van der Waals surface area contributed by atoms with Crippen LogP contribution in [0.3, 0.4) is 0 Å². The number of amides is 1. The van der Waals surface area contributed by atoms with Crippen molar-refractivity contribution in [3.63, 3.8) is 0 Å². The molecule has 2 heterocycles. The minimum absolute atomic E-state index is 0.351. The van der Waals surface area contributed by atoms with Crippen LogP contribution >= 0.6 is 11.3 Å². The Morgan fingerprint density at radius 1 is 1.35 bits per heavy atom. The molecule has 0 spiro atoms. The molecule has 3 nitrogen and oxygen atoms in total. The van der Waals surface area contributed by atoms with E-state index in [1.165, 1.54) is 11.3 Å². The summed E-state index contributed by atoms with van der Waals surface area (Å²) in [6, 6.07) is 4.60. The van der Waals surface area contributed by atoms with E-state index < -0.39 is 0 Å².